The molecule has 3 rings (SSSR count). The summed E-state index contributed by atoms with van der Waals surface area (Å²) in [4.78, 5) is 5.18. The van der Waals surface area contributed by atoms with E-state index in [1.54, 1.807) is 12.1 Å². The van der Waals surface area contributed by atoms with Crippen LogP contribution in [-0.2, 0) is 6.54 Å². The number of aromatic nitrogens is 2. The lowest BCUT2D eigenvalue weighted by Crippen LogP contribution is -2.08. The number of benzene rings is 1. The van der Waals surface area contributed by atoms with Gasteiger partial charge in [0.05, 0.1) is 5.69 Å². The number of nitrogens with zero attached hydrogens (tertiary/aromatic N) is 2. The number of rotatable bonds is 4. The summed E-state index contributed by atoms with van der Waals surface area (Å²) in [6, 6.07) is 12.6. The van der Waals surface area contributed by atoms with E-state index >= 15 is 0 Å². The quantitative estimate of drug-likeness (QED) is 0.798. The largest absolute Gasteiger partial charge is 0.314 e. The maximum atomic E-state index is 13.8. The Bertz CT molecular complexity index is 739. The van der Waals surface area contributed by atoms with Crippen LogP contribution in [0.15, 0.2) is 58.6 Å². The van der Waals surface area contributed by atoms with E-state index in [9.17, 15) is 4.39 Å². The van der Waals surface area contributed by atoms with Crippen LogP contribution in [0, 0.1) is 5.82 Å². The van der Waals surface area contributed by atoms with Gasteiger partial charge < -0.3 is 9.72 Å². The summed E-state index contributed by atoms with van der Waals surface area (Å²) in [7, 11) is 1.89. The maximum absolute atomic E-state index is 13.8. The third-order valence-electron chi connectivity index (χ3n) is 2.98. The highest BCUT2D eigenvalue weighted by Gasteiger charge is 2.14. The van der Waals surface area contributed by atoms with Crippen LogP contribution >= 0.6 is 11.8 Å². The molecule has 1 N–H and O–H groups in total. The second-order valence-electron chi connectivity index (χ2n) is 4.36. The molecule has 0 bridgehead atoms. The highest BCUT2D eigenvalue weighted by atomic mass is 32.2. The molecule has 0 atom stereocenters. The Morgan fingerprint density at radius 3 is 2.80 bits per heavy atom. The van der Waals surface area contributed by atoms with Crippen molar-refractivity contribution in [2.75, 3.05) is 7.05 Å². The predicted molar refractivity (Wildman–Crippen MR) is 78.5 cm³/mol. The Kier molecular flexibility index (Phi) is 3.71. The highest BCUT2D eigenvalue weighted by molar-refractivity contribution is 7.99. The Labute approximate surface area is 120 Å². The van der Waals surface area contributed by atoms with Crippen LogP contribution in [0.5, 0.6) is 0 Å². The van der Waals surface area contributed by atoms with E-state index in [-0.39, 0.29) is 5.82 Å². The number of pyridine rings is 1. The van der Waals surface area contributed by atoms with Gasteiger partial charge in [-0.05, 0) is 31.3 Å². The van der Waals surface area contributed by atoms with Crippen LogP contribution in [0.2, 0.25) is 0 Å². The minimum absolute atomic E-state index is 0.218. The Hall–Kier alpha value is -1.85. The van der Waals surface area contributed by atoms with Crippen LogP contribution in [-0.4, -0.2) is 16.4 Å². The number of hydrogen-bond donors (Lipinski definition) is 1. The number of imidazole rings is 1. The summed E-state index contributed by atoms with van der Waals surface area (Å²) in [6.45, 7) is 0.683. The summed E-state index contributed by atoms with van der Waals surface area (Å²) >= 11 is 1.36. The molecule has 0 aliphatic carbocycles. The Morgan fingerprint density at radius 1 is 1.20 bits per heavy atom. The number of fused-ring (bicyclic) bond motifs is 1. The molecule has 0 unspecified atom stereocenters. The molecule has 3 nitrogen and oxygen atoms in total. The minimum Gasteiger partial charge on any atom is -0.314 e. The fourth-order valence-corrected chi connectivity index (χ4v) is 3.01. The third kappa shape index (κ3) is 2.42. The monoisotopic (exact) mass is 287 g/mol. The molecule has 0 amide bonds. The molecule has 0 spiro atoms. The van der Waals surface area contributed by atoms with E-state index in [4.69, 9.17) is 0 Å². The van der Waals surface area contributed by atoms with Gasteiger partial charge in [0, 0.05) is 17.6 Å². The highest BCUT2D eigenvalue weighted by Crippen LogP contribution is 2.32. The van der Waals surface area contributed by atoms with E-state index in [1.165, 1.54) is 17.8 Å². The second-order valence-corrected chi connectivity index (χ2v) is 5.39. The van der Waals surface area contributed by atoms with Gasteiger partial charge in [0.15, 0.2) is 0 Å². The third-order valence-corrected chi connectivity index (χ3v) is 4.05. The first-order valence-corrected chi connectivity index (χ1v) is 7.14. The van der Waals surface area contributed by atoms with Crippen LogP contribution < -0.4 is 5.32 Å². The normalized spacial score (nSPS) is 11.1. The van der Waals surface area contributed by atoms with Gasteiger partial charge in [-0.25, -0.2) is 9.37 Å². The lowest BCUT2D eigenvalue weighted by molar-refractivity contribution is 0.602. The van der Waals surface area contributed by atoms with Crippen molar-refractivity contribution >= 4 is 17.4 Å². The Balaban J connectivity index is 2.06. The van der Waals surface area contributed by atoms with Crippen molar-refractivity contribution in [2.24, 2.45) is 0 Å². The lowest BCUT2D eigenvalue weighted by atomic mass is 10.3. The average molecular weight is 287 g/mol. The van der Waals surface area contributed by atoms with E-state index in [2.05, 4.69) is 10.3 Å². The molecule has 20 heavy (non-hydrogen) atoms. The molecule has 0 aliphatic heterocycles. The van der Waals surface area contributed by atoms with E-state index in [0.717, 1.165) is 16.4 Å². The van der Waals surface area contributed by atoms with Crippen molar-refractivity contribution < 1.29 is 4.39 Å². The molecular formula is C15H14FN3S. The van der Waals surface area contributed by atoms with Crippen molar-refractivity contribution in [1.82, 2.24) is 14.7 Å². The van der Waals surface area contributed by atoms with Gasteiger partial charge in [0.2, 0.25) is 0 Å². The molecule has 2 heterocycles. The van der Waals surface area contributed by atoms with E-state index in [1.807, 2.05) is 41.9 Å². The van der Waals surface area contributed by atoms with Gasteiger partial charge in [-0.1, -0.05) is 30.0 Å². The van der Waals surface area contributed by atoms with Gasteiger partial charge >= 0.3 is 0 Å². The minimum atomic E-state index is -0.218. The molecule has 5 heteroatoms. The molecule has 0 saturated carbocycles. The second kappa shape index (κ2) is 5.64. The van der Waals surface area contributed by atoms with Crippen LogP contribution in [0.4, 0.5) is 4.39 Å². The van der Waals surface area contributed by atoms with E-state index in [0.29, 0.717) is 11.4 Å². The summed E-state index contributed by atoms with van der Waals surface area (Å²) < 4.78 is 15.8. The molecule has 0 fully saturated rings. The van der Waals surface area contributed by atoms with Gasteiger partial charge in [-0.15, -0.1) is 0 Å². The molecule has 3 aromatic rings. The van der Waals surface area contributed by atoms with Crippen molar-refractivity contribution in [3.05, 3.63) is 60.2 Å². The molecular weight excluding hydrogens is 273 g/mol. The summed E-state index contributed by atoms with van der Waals surface area (Å²) in [5, 5.41) is 3.96. The topological polar surface area (TPSA) is 29.3 Å². The van der Waals surface area contributed by atoms with Crippen LogP contribution in [0.1, 0.15) is 5.69 Å². The summed E-state index contributed by atoms with van der Waals surface area (Å²) in [5.74, 6) is -0.218. The first-order valence-electron chi connectivity index (χ1n) is 6.32. The van der Waals surface area contributed by atoms with Crippen molar-refractivity contribution in [3.8, 4) is 0 Å². The SMILES string of the molecule is CNCc1c(Sc2ccccc2F)nc2ccccn12. The number of hydrogen-bond acceptors (Lipinski definition) is 3. The standard InChI is InChI=1S/C15H14FN3S/c1-17-10-12-15(18-14-8-4-5-9-19(12)14)20-13-7-3-2-6-11(13)16/h2-9,17H,10H2,1H3. The van der Waals surface area contributed by atoms with Gasteiger partial charge in [0.1, 0.15) is 16.5 Å². The van der Waals surface area contributed by atoms with Crippen LogP contribution in [0.3, 0.4) is 0 Å². The molecule has 2 aromatic heterocycles. The fourth-order valence-electron chi connectivity index (χ4n) is 2.07. The van der Waals surface area contributed by atoms with Crippen LogP contribution in [0.25, 0.3) is 5.65 Å². The first kappa shape index (κ1) is 13.1. The molecule has 102 valence electrons. The molecule has 0 saturated heterocycles. The summed E-state index contributed by atoms with van der Waals surface area (Å²) in [6.07, 6.45) is 1.97. The molecule has 0 radical (unpaired) electrons. The van der Waals surface area contributed by atoms with Crippen molar-refractivity contribution in [1.29, 1.82) is 0 Å². The smallest absolute Gasteiger partial charge is 0.138 e. The average Bonchev–Trinajstić information content (AvgIpc) is 2.80. The Morgan fingerprint density at radius 2 is 2.00 bits per heavy atom. The van der Waals surface area contributed by atoms with Gasteiger partial charge in [-0.2, -0.15) is 0 Å². The van der Waals surface area contributed by atoms with Crippen molar-refractivity contribution in [3.63, 3.8) is 0 Å². The van der Waals surface area contributed by atoms with Crippen molar-refractivity contribution in [2.45, 2.75) is 16.5 Å². The van der Waals surface area contributed by atoms with Gasteiger partial charge in [0.25, 0.3) is 0 Å². The first-order chi connectivity index (χ1) is 9.79. The summed E-state index contributed by atoms with van der Waals surface area (Å²) in [5.41, 5.74) is 1.91. The lowest BCUT2D eigenvalue weighted by Gasteiger charge is -2.04. The number of nitrogens with one attached hydrogen (secondary N) is 1. The predicted octanol–water partition coefficient (Wildman–Crippen LogP) is 3.34. The van der Waals surface area contributed by atoms with E-state index < -0.39 is 0 Å². The molecule has 1 aromatic carbocycles. The zero-order valence-electron chi connectivity index (χ0n) is 11.0. The fraction of sp³-hybridized carbons (Fsp3) is 0.133. The zero-order valence-corrected chi connectivity index (χ0v) is 11.8. The molecule has 0 aliphatic rings. The zero-order chi connectivity index (χ0) is 13.9. The van der Waals surface area contributed by atoms with Gasteiger partial charge in [-0.3, -0.25) is 0 Å². The maximum Gasteiger partial charge on any atom is 0.138 e. The number of halogens is 1.